The highest BCUT2D eigenvalue weighted by Crippen LogP contribution is 2.19. The number of rotatable bonds is 5. The Bertz CT molecular complexity index is 288. The van der Waals surface area contributed by atoms with E-state index in [1.165, 1.54) is 0 Å². The molecule has 0 N–H and O–H groups in total. The number of hydrogen-bond donors (Lipinski definition) is 0. The van der Waals surface area contributed by atoms with E-state index in [9.17, 15) is 9.59 Å². The number of nitrogens with zero attached hydrogens (tertiary/aromatic N) is 1. The SMILES string of the molecule is C=CCCC(=O)N1CCCCC1C(=O)OCC. The summed E-state index contributed by atoms with van der Waals surface area (Å²) in [6, 6.07) is -0.374. The van der Waals surface area contributed by atoms with Gasteiger partial charge < -0.3 is 9.64 Å². The molecule has 1 aliphatic heterocycles. The van der Waals surface area contributed by atoms with Crippen LogP contribution in [0.1, 0.15) is 39.0 Å². The van der Waals surface area contributed by atoms with Crippen LogP contribution in [0, 0.1) is 0 Å². The highest BCUT2D eigenvalue weighted by molar-refractivity contribution is 5.84. The Kier molecular flexibility index (Phi) is 5.73. The minimum Gasteiger partial charge on any atom is -0.464 e. The van der Waals surface area contributed by atoms with Crippen LogP contribution in [0.2, 0.25) is 0 Å². The van der Waals surface area contributed by atoms with Crippen molar-refractivity contribution in [1.29, 1.82) is 0 Å². The lowest BCUT2D eigenvalue weighted by molar-refractivity contribution is -0.156. The van der Waals surface area contributed by atoms with Crippen molar-refractivity contribution >= 4 is 11.9 Å². The lowest BCUT2D eigenvalue weighted by Gasteiger charge is -2.34. The third kappa shape index (κ3) is 3.88. The molecule has 1 amide bonds. The third-order valence-electron chi connectivity index (χ3n) is 2.94. The first-order valence-electron chi connectivity index (χ1n) is 6.27. The molecule has 1 unspecified atom stereocenters. The van der Waals surface area contributed by atoms with E-state index in [-0.39, 0.29) is 17.9 Å². The molecule has 1 heterocycles. The Morgan fingerprint density at radius 3 is 2.88 bits per heavy atom. The largest absolute Gasteiger partial charge is 0.464 e. The number of carbonyl (C=O) groups excluding carboxylic acids is 2. The molecule has 0 bridgehead atoms. The second kappa shape index (κ2) is 7.09. The van der Waals surface area contributed by atoms with Crippen LogP contribution in [0.25, 0.3) is 0 Å². The zero-order chi connectivity index (χ0) is 12.7. The Balaban J connectivity index is 2.61. The van der Waals surface area contributed by atoms with Crippen molar-refractivity contribution in [1.82, 2.24) is 4.90 Å². The Morgan fingerprint density at radius 1 is 1.47 bits per heavy atom. The predicted octanol–water partition coefficient (Wildman–Crippen LogP) is 1.90. The van der Waals surface area contributed by atoms with Crippen molar-refractivity contribution in [2.24, 2.45) is 0 Å². The van der Waals surface area contributed by atoms with E-state index in [0.717, 1.165) is 19.3 Å². The van der Waals surface area contributed by atoms with Crippen molar-refractivity contribution < 1.29 is 14.3 Å². The molecule has 1 aliphatic rings. The van der Waals surface area contributed by atoms with Crippen LogP contribution in [0.5, 0.6) is 0 Å². The summed E-state index contributed by atoms with van der Waals surface area (Å²) >= 11 is 0. The molecule has 0 aromatic carbocycles. The second-order valence-electron chi connectivity index (χ2n) is 4.18. The number of carbonyl (C=O) groups is 2. The molecule has 1 saturated heterocycles. The first kappa shape index (κ1) is 13.7. The normalized spacial score (nSPS) is 19.8. The van der Waals surface area contributed by atoms with Gasteiger partial charge in [-0.05, 0) is 32.6 Å². The van der Waals surface area contributed by atoms with Crippen LogP contribution in [0.4, 0.5) is 0 Å². The number of allylic oxidation sites excluding steroid dienone is 1. The molecule has 0 aromatic heterocycles. The zero-order valence-electron chi connectivity index (χ0n) is 10.5. The van der Waals surface area contributed by atoms with Gasteiger partial charge in [-0.1, -0.05) is 6.08 Å². The molecule has 0 aromatic rings. The standard InChI is InChI=1S/C13H21NO3/c1-3-5-9-12(15)14-10-7-6-8-11(14)13(16)17-4-2/h3,11H,1,4-10H2,2H3. The molecule has 0 aliphatic carbocycles. The summed E-state index contributed by atoms with van der Waals surface area (Å²) < 4.78 is 5.01. The van der Waals surface area contributed by atoms with Gasteiger partial charge in [0.2, 0.25) is 5.91 Å². The number of likely N-dealkylation sites (tertiary alicyclic amines) is 1. The molecule has 1 rings (SSSR count). The molecule has 1 atom stereocenters. The molecule has 0 spiro atoms. The first-order valence-corrected chi connectivity index (χ1v) is 6.27. The number of hydrogen-bond acceptors (Lipinski definition) is 3. The quantitative estimate of drug-likeness (QED) is 0.543. The average Bonchev–Trinajstić information content (AvgIpc) is 2.36. The van der Waals surface area contributed by atoms with Gasteiger partial charge in [-0.15, -0.1) is 6.58 Å². The summed E-state index contributed by atoms with van der Waals surface area (Å²) in [6.45, 7) is 6.41. The van der Waals surface area contributed by atoms with Gasteiger partial charge in [-0.25, -0.2) is 4.79 Å². The van der Waals surface area contributed by atoms with Crippen LogP contribution < -0.4 is 0 Å². The number of ether oxygens (including phenoxy) is 1. The highest BCUT2D eigenvalue weighted by Gasteiger charge is 2.32. The van der Waals surface area contributed by atoms with Crippen molar-refractivity contribution in [2.75, 3.05) is 13.2 Å². The van der Waals surface area contributed by atoms with Gasteiger partial charge in [-0.3, -0.25) is 4.79 Å². The summed E-state index contributed by atoms with van der Waals surface area (Å²) in [4.78, 5) is 25.4. The maximum atomic E-state index is 11.9. The molecule has 0 radical (unpaired) electrons. The van der Waals surface area contributed by atoms with E-state index in [1.54, 1.807) is 17.9 Å². The van der Waals surface area contributed by atoms with Gasteiger partial charge in [0.05, 0.1) is 6.61 Å². The molecular formula is C13H21NO3. The monoisotopic (exact) mass is 239 g/mol. The van der Waals surface area contributed by atoms with Gasteiger partial charge in [0.25, 0.3) is 0 Å². The van der Waals surface area contributed by atoms with Gasteiger partial charge in [-0.2, -0.15) is 0 Å². The lowest BCUT2D eigenvalue weighted by Crippen LogP contribution is -2.48. The average molecular weight is 239 g/mol. The predicted molar refractivity (Wildman–Crippen MR) is 65.4 cm³/mol. The smallest absolute Gasteiger partial charge is 0.328 e. The van der Waals surface area contributed by atoms with Crippen LogP contribution in [0.3, 0.4) is 0 Å². The molecule has 1 fully saturated rings. The number of esters is 1. The number of amides is 1. The fourth-order valence-electron chi connectivity index (χ4n) is 2.08. The van der Waals surface area contributed by atoms with Gasteiger partial charge >= 0.3 is 5.97 Å². The molecule has 17 heavy (non-hydrogen) atoms. The highest BCUT2D eigenvalue weighted by atomic mass is 16.5. The molecular weight excluding hydrogens is 218 g/mol. The third-order valence-corrected chi connectivity index (χ3v) is 2.94. The van der Waals surface area contributed by atoms with Gasteiger partial charge in [0.15, 0.2) is 0 Å². The summed E-state index contributed by atoms with van der Waals surface area (Å²) in [5.74, 6) is -0.234. The van der Waals surface area contributed by atoms with Gasteiger partial charge in [0, 0.05) is 13.0 Å². The maximum Gasteiger partial charge on any atom is 0.328 e. The van der Waals surface area contributed by atoms with E-state index >= 15 is 0 Å². The van der Waals surface area contributed by atoms with E-state index in [4.69, 9.17) is 4.74 Å². The minimum absolute atomic E-state index is 0.0302. The Hall–Kier alpha value is -1.32. The molecule has 96 valence electrons. The fraction of sp³-hybridized carbons (Fsp3) is 0.692. The van der Waals surface area contributed by atoms with Crippen LogP contribution in [-0.4, -0.2) is 36.0 Å². The topological polar surface area (TPSA) is 46.6 Å². The van der Waals surface area contributed by atoms with Crippen molar-refractivity contribution in [3.63, 3.8) is 0 Å². The van der Waals surface area contributed by atoms with Gasteiger partial charge in [0.1, 0.15) is 6.04 Å². The molecule has 4 heteroatoms. The molecule has 4 nitrogen and oxygen atoms in total. The first-order chi connectivity index (χ1) is 8.20. The summed E-state index contributed by atoms with van der Waals surface area (Å²) in [5.41, 5.74) is 0. The van der Waals surface area contributed by atoms with Crippen molar-refractivity contribution in [2.45, 2.75) is 45.1 Å². The minimum atomic E-state index is -0.374. The van der Waals surface area contributed by atoms with Crippen LogP contribution in [0.15, 0.2) is 12.7 Å². The zero-order valence-corrected chi connectivity index (χ0v) is 10.5. The van der Waals surface area contributed by atoms with Crippen molar-refractivity contribution in [3.8, 4) is 0 Å². The fourth-order valence-corrected chi connectivity index (χ4v) is 2.08. The Labute approximate surface area is 103 Å². The van der Waals surface area contributed by atoms with E-state index in [1.807, 2.05) is 0 Å². The summed E-state index contributed by atoms with van der Waals surface area (Å²) in [5, 5.41) is 0. The van der Waals surface area contributed by atoms with E-state index < -0.39 is 0 Å². The van der Waals surface area contributed by atoms with Crippen LogP contribution in [-0.2, 0) is 14.3 Å². The second-order valence-corrected chi connectivity index (χ2v) is 4.18. The Morgan fingerprint density at radius 2 is 2.24 bits per heavy atom. The maximum absolute atomic E-state index is 11.9. The molecule has 0 saturated carbocycles. The lowest BCUT2D eigenvalue weighted by atomic mass is 10.0. The van der Waals surface area contributed by atoms with Crippen molar-refractivity contribution in [3.05, 3.63) is 12.7 Å². The van der Waals surface area contributed by atoms with E-state index in [0.29, 0.717) is 26.0 Å². The summed E-state index contributed by atoms with van der Waals surface area (Å²) in [7, 11) is 0. The van der Waals surface area contributed by atoms with E-state index in [2.05, 4.69) is 6.58 Å². The number of piperidine rings is 1. The van der Waals surface area contributed by atoms with Crippen LogP contribution >= 0.6 is 0 Å². The summed E-state index contributed by atoms with van der Waals surface area (Å²) in [6.07, 6.45) is 5.48.